The second kappa shape index (κ2) is 6.88. The molecule has 1 aromatic carbocycles. The molecule has 0 aliphatic rings. The Hall–Kier alpha value is -1.37. The van der Waals surface area contributed by atoms with Gasteiger partial charge in [-0.1, -0.05) is 23.5 Å². The third-order valence-electron chi connectivity index (χ3n) is 3.05. The summed E-state index contributed by atoms with van der Waals surface area (Å²) >= 11 is 2.89. The van der Waals surface area contributed by atoms with Gasteiger partial charge in [-0.25, -0.2) is 0 Å². The third-order valence-corrected chi connectivity index (χ3v) is 4.72. The van der Waals surface area contributed by atoms with Crippen molar-refractivity contribution in [1.29, 1.82) is 0 Å². The van der Waals surface area contributed by atoms with Crippen LogP contribution in [0.5, 0.6) is 0 Å². The summed E-state index contributed by atoms with van der Waals surface area (Å²) in [5.41, 5.74) is 2.17. The molecule has 1 atom stereocenters. The van der Waals surface area contributed by atoms with Crippen LogP contribution in [-0.4, -0.2) is 11.2 Å². The number of hydrogen-bond acceptors (Lipinski definition) is 5. The van der Waals surface area contributed by atoms with E-state index < -0.39 is 0 Å². The highest BCUT2D eigenvalue weighted by molar-refractivity contribution is 7.98. The van der Waals surface area contributed by atoms with E-state index in [0.717, 1.165) is 5.56 Å². The molecule has 0 radical (unpaired) electrons. The van der Waals surface area contributed by atoms with Gasteiger partial charge in [0.05, 0.1) is 4.92 Å². The Morgan fingerprint density at radius 1 is 1.40 bits per heavy atom. The molecule has 1 aromatic heterocycles. The first-order chi connectivity index (χ1) is 9.60. The van der Waals surface area contributed by atoms with Crippen LogP contribution in [0.2, 0.25) is 0 Å². The second-order valence-electron chi connectivity index (χ2n) is 4.43. The lowest BCUT2D eigenvalue weighted by Gasteiger charge is -2.14. The third kappa shape index (κ3) is 3.82. The first kappa shape index (κ1) is 15.0. The van der Waals surface area contributed by atoms with Crippen LogP contribution in [0.15, 0.2) is 40.6 Å². The van der Waals surface area contributed by atoms with Gasteiger partial charge in [-0.05, 0) is 36.4 Å². The zero-order valence-corrected chi connectivity index (χ0v) is 13.0. The number of thiophene rings is 1. The molecule has 2 aromatic rings. The van der Waals surface area contributed by atoms with E-state index in [1.54, 1.807) is 17.8 Å². The SMILES string of the molecule is CSc1ccc(C(C)NCc2csc([N+](=O)[O-])c2)cc1. The minimum Gasteiger partial charge on any atom is -0.306 e. The molecule has 0 aliphatic carbocycles. The van der Waals surface area contributed by atoms with Gasteiger partial charge in [0.15, 0.2) is 0 Å². The van der Waals surface area contributed by atoms with Gasteiger partial charge in [0.2, 0.25) is 0 Å². The maximum absolute atomic E-state index is 10.6. The summed E-state index contributed by atoms with van der Waals surface area (Å²) < 4.78 is 0. The smallest absolute Gasteiger partial charge is 0.306 e. The summed E-state index contributed by atoms with van der Waals surface area (Å²) in [5.74, 6) is 0. The van der Waals surface area contributed by atoms with Gasteiger partial charge in [-0.2, -0.15) is 0 Å². The normalized spacial score (nSPS) is 12.3. The van der Waals surface area contributed by atoms with Crippen molar-refractivity contribution in [2.75, 3.05) is 6.26 Å². The van der Waals surface area contributed by atoms with Crippen LogP contribution < -0.4 is 5.32 Å². The van der Waals surface area contributed by atoms with Gasteiger partial charge < -0.3 is 5.32 Å². The Morgan fingerprint density at radius 3 is 2.65 bits per heavy atom. The fourth-order valence-electron chi connectivity index (χ4n) is 1.83. The Labute approximate surface area is 126 Å². The van der Waals surface area contributed by atoms with Gasteiger partial charge in [-0.3, -0.25) is 10.1 Å². The summed E-state index contributed by atoms with van der Waals surface area (Å²) in [7, 11) is 0. The summed E-state index contributed by atoms with van der Waals surface area (Å²) in [5, 5.41) is 16.0. The Kier molecular flexibility index (Phi) is 5.17. The number of nitrogens with one attached hydrogen (secondary N) is 1. The van der Waals surface area contributed by atoms with Crippen molar-refractivity contribution in [1.82, 2.24) is 5.32 Å². The lowest BCUT2D eigenvalue weighted by molar-refractivity contribution is -0.380. The van der Waals surface area contributed by atoms with E-state index in [0.29, 0.717) is 6.54 Å². The van der Waals surface area contributed by atoms with Crippen LogP contribution in [0.1, 0.15) is 24.1 Å². The van der Waals surface area contributed by atoms with E-state index in [-0.39, 0.29) is 16.0 Å². The van der Waals surface area contributed by atoms with Crippen molar-refractivity contribution in [3.8, 4) is 0 Å². The quantitative estimate of drug-likeness (QED) is 0.493. The number of rotatable bonds is 6. The first-order valence-corrected chi connectivity index (χ1v) is 8.29. The molecule has 1 N–H and O–H groups in total. The van der Waals surface area contributed by atoms with Gasteiger partial charge in [-0.15, -0.1) is 11.8 Å². The fraction of sp³-hybridized carbons (Fsp3) is 0.286. The number of nitro groups is 1. The second-order valence-corrected chi connectivity index (χ2v) is 6.20. The number of thioether (sulfide) groups is 1. The van der Waals surface area contributed by atoms with Gasteiger partial charge in [0.25, 0.3) is 0 Å². The highest BCUT2D eigenvalue weighted by atomic mass is 32.2. The molecule has 4 nitrogen and oxygen atoms in total. The van der Waals surface area contributed by atoms with Crippen molar-refractivity contribution < 1.29 is 4.92 Å². The minimum atomic E-state index is -0.348. The Morgan fingerprint density at radius 2 is 2.10 bits per heavy atom. The van der Waals surface area contributed by atoms with Crippen molar-refractivity contribution >= 4 is 28.1 Å². The molecule has 106 valence electrons. The topological polar surface area (TPSA) is 55.2 Å². The summed E-state index contributed by atoms with van der Waals surface area (Å²) in [6.45, 7) is 2.73. The summed E-state index contributed by atoms with van der Waals surface area (Å²) in [6, 6.07) is 10.3. The molecular formula is C14H16N2O2S2. The van der Waals surface area contributed by atoms with Crippen molar-refractivity contribution in [3.05, 3.63) is 57.0 Å². The molecule has 0 aliphatic heterocycles. The van der Waals surface area contributed by atoms with Crippen LogP contribution in [0.25, 0.3) is 0 Å². The average Bonchev–Trinajstić information content (AvgIpc) is 2.94. The van der Waals surface area contributed by atoms with E-state index in [1.165, 1.54) is 21.8 Å². The molecule has 1 heterocycles. The van der Waals surface area contributed by atoms with E-state index in [1.807, 2.05) is 5.38 Å². The van der Waals surface area contributed by atoms with Gasteiger partial charge in [0, 0.05) is 28.9 Å². The van der Waals surface area contributed by atoms with Crippen LogP contribution in [-0.2, 0) is 6.54 Å². The lowest BCUT2D eigenvalue weighted by Crippen LogP contribution is -2.17. The minimum absolute atomic E-state index is 0.193. The summed E-state index contributed by atoms with van der Waals surface area (Å²) in [4.78, 5) is 11.5. The maximum atomic E-state index is 10.6. The van der Waals surface area contributed by atoms with Crippen LogP contribution in [0.4, 0.5) is 5.00 Å². The van der Waals surface area contributed by atoms with Crippen LogP contribution in [0, 0.1) is 10.1 Å². The molecule has 0 amide bonds. The Bertz CT molecular complexity index is 581. The van der Waals surface area contributed by atoms with Crippen molar-refractivity contribution in [2.24, 2.45) is 0 Å². The molecule has 6 heteroatoms. The van der Waals surface area contributed by atoms with E-state index in [9.17, 15) is 10.1 Å². The highest BCUT2D eigenvalue weighted by Gasteiger charge is 2.10. The Balaban J connectivity index is 1.93. The molecule has 1 unspecified atom stereocenters. The maximum Gasteiger partial charge on any atom is 0.324 e. The van der Waals surface area contributed by atoms with Gasteiger partial charge >= 0.3 is 5.00 Å². The van der Waals surface area contributed by atoms with Crippen LogP contribution >= 0.6 is 23.1 Å². The summed E-state index contributed by atoms with van der Waals surface area (Å²) in [6.07, 6.45) is 2.06. The standard InChI is InChI=1S/C14H16N2O2S2/c1-10(12-3-5-13(19-2)6-4-12)15-8-11-7-14(16(17)18)20-9-11/h3-7,9-10,15H,8H2,1-2H3. The molecule has 0 bridgehead atoms. The predicted octanol–water partition coefficient (Wildman–Crippen LogP) is 4.23. The number of benzene rings is 1. The zero-order chi connectivity index (χ0) is 14.5. The van der Waals surface area contributed by atoms with E-state index in [4.69, 9.17) is 0 Å². The monoisotopic (exact) mass is 308 g/mol. The molecule has 0 saturated carbocycles. The van der Waals surface area contributed by atoms with Gasteiger partial charge in [0.1, 0.15) is 0 Å². The van der Waals surface area contributed by atoms with Crippen molar-refractivity contribution in [2.45, 2.75) is 24.4 Å². The van der Waals surface area contributed by atoms with E-state index in [2.05, 4.69) is 42.8 Å². The molecule has 2 rings (SSSR count). The molecule has 0 fully saturated rings. The fourth-order valence-corrected chi connectivity index (χ4v) is 2.97. The zero-order valence-electron chi connectivity index (χ0n) is 11.3. The molecule has 20 heavy (non-hydrogen) atoms. The van der Waals surface area contributed by atoms with Crippen LogP contribution in [0.3, 0.4) is 0 Å². The lowest BCUT2D eigenvalue weighted by atomic mass is 10.1. The van der Waals surface area contributed by atoms with Crippen molar-refractivity contribution in [3.63, 3.8) is 0 Å². The van der Waals surface area contributed by atoms with E-state index >= 15 is 0 Å². The first-order valence-electron chi connectivity index (χ1n) is 6.19. The molecule has 0 spiro atoms. The number of nitrogens with zero attached hydrogens (tertiary/aromatic N) is 1. The average molecular weight is 308 g/mol. The molecular weight excluding hydrogens is 292 g/mol. The largest absolute Gasteiger partial charge is 0.324 e. The number of hydrogen-bond donors (Lipinski definition) is 1. The molecule has 0 saturated heterocycles. The highest BCUT2D eigenvalue weighted by Crippen LogP contribution is 2.23. The predicted molar refractivity (Wildman–Crippen MR) is 84.5 cm³/mol.